The molecule has 92 valence electrons. The van der Waals surface area contributed by atoms with Gasteiger partial charge in [-0.2, -0.15) is 0 Å². The Balaban J connectivity index is 2.12. The lowest BCUT2D eigenvalue weighted by atomic mass is 10.5. The van der Waals surface area contributed by atoms with E-state index < -0.39 is 0 Å². The maximum Gasteiger partial charge on any atom is 0.151 e. The highest BCUT2D eigenvalue weighted by molar-refractivity contribution is 8.04. The summed E-state index contributed by atoms with van der Waals surface area (Å²) >= 11 is 14.8. The first kappa shape index (κ1) is 12.5. The first-order valence-electron chi connectivity index (χ1n) is 4.98. The molecule has 18 heavy (non-hydrogen) atoms. The minimum absolute atomic E-state index is 0.420. The number of aryl methyl sites for hydroxylation is 2. The number of rotatable bonds is 0. The van der Waals surface area contributed by atoms with E-state index in [1.54, 1.807) is 0 Å². The van der Waals surface area contributed by atoms with Gasteiger partial charge in [0.05, 0.1) is 11.4 Å². The summed E-state index contributed by atoms with van der Waals surface area (Å²) < 4.78 is 0. The van der Waals surface area contributed by atoms with Crippen molar-refractivity contribution < 1.29 is 0 Å². The monoisotopic (exact) mass is 316 g/mol. The van der Waals surface area contributed by atoms with Gasteiger partial charge in [0.1, 0.15) is 20.1 Å². The van der Waals surface area contributed by atoms with Gasteiger partial charge < -0.3 is 0 Å². The molecule has 0 bridgehead atoms. The van der Waals surface area contributed by atoms with Crippen molar-refractivity contribution >= 4 is 46.7 Å². The van der Waals surface area contributed by atoms with Crippen molar-refractivity contribution in [2.24, 2.45) is 0 Å². The molecule has 1 aliphatic rings. The van der Waals surface area contributed by atoms with Crippen molar-refractivity contribution in [3.63, 3.8) is 0 Å². The molecule has 3 rings (SSSR count). The predicted molar refractivity (Wildman–Crippen MR) is 71.8 cm³/mol. The van der Waals surface area contributed by atoms with Crippen LogP contribution in [0.4, 0.5) is 0 Å². The van der Waals surface area contributed by atoms with E-state index in [1.807, 2.05) is 13.8 Å². The Labute approximate surface area is 122 Å². The first-order chi connectivity index (χ1) is 8.54. The minimum Gasteiger partial charge on any atom is -0.240 e. The van der Waals surface area contributed by atoms with E-state index in [4.69, 9.17) is 23.2 Å². The second-order valence-electron chi connectivity index (χ2n) is 3.62. The molecule has 0 aliphatic carbocycles. The van der Waals surface area contributed by atoms with Crippen molar-refractivity contribution in [3.05, 3.63) is 21.7 Å². The number of nitrogens with zero attached hydrogens (tertiary/aromatic N) is 4. The summed E-state index contributed by atoms with van der Waals surface area (Å²) in [5.74, 6) is 0. The predicted octanol–water partition coefficient (Wildman–Crippen LogP) is 3.81. The van der Waals surface area contributed by atoms with Gasteiger partial charge in [0.15, 0.2) is 10.3 Å². The van der Waals surface area contributed by atoms with E-state index in [1.165, 1.54) is 23.5 Å². The molecule has 0 saturated heterocycles. The molecule has 1 aliphatic heterocycles. The van der Waals surface area contributed by atoms with Gasteiger partial charge in [-0.05, 0) is 37.4 Å². The average molecular weight is 317 g/mol. The zero-order valence-corrected chi connectivity index (χ0v) is 12.5. The third-order valence-electron chi connectivity index (χ3n) is 2.29. The van der Waals surface area contributed by atoms with Crippen molar-refractivity contribution in [2.75, 3.05) is 0 Å². The number of hydrogen-bond donors (Lipinski definition) is 0. The summed E-state index contributed by atoms with van der Waals surface area (Å²) in [6.07, 6.45) is 0. The third kappa shape index (κ3) is 2.07. The van der Waals surface area contributed by atoms with Crippen LogP contribution in [0.2, 0.25) is 10.3 Å². The normalized spacial score (nSPS) is 13.1. The lowest BCUT2D eigenvalue weighted by Gasteiger charge is -2.16. The highest BCUT2D eigenvalue weighted by atomic mass is 35.5. The Morgan fingerprint density at radius 1 is 0.667 bits per heavy atom. The van der Waals surface area contributed by atoms with E-state index in [-0.39, 0.29) is 0 Å². The molecular weight excluding hydrogens is 311 g/mol. The van der Waals surface area contributed by atoms with Crippen LogP contribution in [-0.2, 0) is 0 Å². The van der Waals surface area contributed by atoms with E-state index in [0.717, 1.165) is 20.1 Å². The van der Waals surface area contributed by atoms with E-state index in [0.29, 0.717) is 21.7 Å². The molecule has 0 fully saturated rings. The fourth-order valence-electron chi connectivity index (χ4n) is 1.38. The standard InChI is InChI=1S/C10H6Cl2N4S2/c1-3-5(11)15-9-7(13-3)17-10-8(18-9)14-4(2)6(12)16-10/h1-2H3. The molecule has 8 heteroatoms. The van der Waals surface area contributed by atoms with E-state index in [9.17, 15) is 0 Å². The van der Waals surface area contributed by atoms with Gasteiger partial charge in [-0.15, -0.1) is 0 Å². The van der Waals surface area contributed by atoms with Gasteiger partial charge in [-0.1, -0.05) is 23.2 Å². The van der Waals surface area contributed by atoms with Gasteiger partial charge in [0, 0.05) is 0 Å². The number of halogens is 2. The number of hydrogen-bond acceptors (Lipinski definition) is 6. The van der Waals surface area contributed by atoms with Crippen LogP contribution < -0.4 is 0 Å². The molecule has 0 radical (unpaired) electrons. The van der Waals surface area contributed by atoms with Crippen LogP contribution in [0, 0.1) is 13.8 Å². The fourth-order valence-corrected chi connectivity index (χ4v) is 3.77. The number of fused-ring (bicyclic) bond motifs is 2. The third-order valence-corrected chi connectivity index (χ3v) is 5.17. The SMILES string of the molecule is Cc1nc2c(nc1Cl)Sc1nc(C)c(Cl)nc1S2. The quantitative estimate of drug-likeness (QED) is 0.628. The largest absolute Gasteiger partial charge is 0.240 e. The van der Waals surface area contributed by atoms with E-state index in [2.05, 4.69) is 19.9 Å². The summed E-state index contributed by atoms with van der Waals surface area (Å²) in [6.45, 7) is 3.65. The molecule has 3 heterocycles. The lowest BCUT2D eigenvalue weighted by Crippen LogP contribution is -2.03. The topological polar surface area (TPSA) is 51.6 Å². The molecule has 4 nitrogen and oxygen atoms in total. The first-order valence-corrected chi connectivity index (χ1v) is 7.37. The molecule has 0 N–H and O–H groups in total. The highest BCUT2D eigenvalue weighted by Crippen LogP contribution is 2.45. The average Bonchev–Trinajstić information content (AvgIpc) is 2.31. The van der Waals surface area contributed by atoms with Crippen LogP contribution in [0.15, 0.2) is 20.1 Å². The zero-order chi connectivity index (χ0) is 12.9. The van der Waals surface area contributed by atoms with Crippen molar-refractivity contribution in [2.45, 2.75) is 34.0 Å². The van der Waals surface area contributed by atoms with E-state index >= 15 is 0 Å². The summed E-state index contributed by atoms with van der Waals surface area (Å²) in [5.41, 5.74) is 1.41. The van der Waals surface area contributed by atoms with Gasteiger partial charge in [-0.3, -0.25) is 0 Å². The summed E-state index contributed by atoms with van der Waals surface area (Å²) in [5, 5.41) is 3.96. The highest BCUT2D eigenvalue weighted by Gasteiger charge is 2.24. The van der Waals surface area contributed by atoms with Gasteiger partial charge in [-0.25, -0.2) is 19.9 Å². The molecule has 0 amide bonds. The maximum absolute atomic E-state index is 5.98. The summed E-state index contributed by atoms with van der Waals surface area (Å²) in [6, 6.07) is 0. The Hall–Kier alpha value is -0.560. The Morgan fingerprint density at radius 3 is 1.39 bits per heavy atom. The van der Waals surface area contributed by atoms with Crippen molar-refractivity contribution in [1.82, 2.24) is 19.9 Å². The van der Waals surface area contributed by atoms with Crippen LogP contribution in [0.5, 0.6) is 0 Å². The molecule has 0 unspecified atom stereocenters. The molecule has 0 spiro atoms. The summed E-state index contributed by atoms with van der Waals surface area (Å²) in [4.78, 5) is 17.4. The molecule has 0 saturated carbocycles. The van der Waals surface area contributed by atoms with Crippen LogP contribution in [-0.4, -0.2) is 19.9 Å². The van der Waals surface area contributed by atoms with Crippen LogP contribution in [0.3, 0.4) is 0 Å². The minimum atomic E-state index is 0.420. The lowest BCUT2D eigenvalue weighted by molar-refractivity contribution is 0.833. The second kappa shape index (κ2) is 4.52. The van der Waals surface area contributed by atoms with Gasteiger partial charge >= 0.3 is 0 Å². The zero-order valence-electron chi connectivity index (χ0n) is 9.36. The molecule has 2 aromatic rings. The van der Waals surface area contributed by atoms with Gasteiger partial charge in [0.2, 0.25) is 0 Å². The molecular formula is C10H6Cl2N4S2. The van der Waals surface area contributed by atoms with Crippen LogP contribution in [0.1, 0.15) is 11.4 Å². The number of aromatic nitrogens is 4. The summed E-state index contributed by atoms with van der Waals surface area (Å²) in [7, 11) is 0. The van der Waals surface area contributed by atoms with Gasteiger partial charge in [0.25, 0.3) is 0 Å². The Bertz CT molecular complexity index is 551. The molecule has 2 aromatic heterocycles. The van der Waals surface area contributed by atoms with Crippen LogP contribution >= 0.6 is 46.7 Å². The fraction of sp³-hybridized carbons (Fsp3) is 0.200. The maximum atomic E-state index is 5.98. The second-order valence-corrected chi connectivity index (χ2v) is 6.30. The Kier molecular flexibility index (Phi) is 3.13. The van der Waals surface area contributed by atoms with Crippen LogP contribution in [0.25, 0.3) is 0 Å². The smallest absolute Gasteiger partial charge is 0.151 e. The molecule has 0 atom stereocenters. The van der Waals surface area contributed by atoms with Crippen molar-refractivity contribution in [1.29, 1.82) is 0 Å². The van der Waals surface area contributed by atoms with Crippen molar-refractivity contribution in [3.8, 4) is 0 Å². The molecule has 0 aromatic carbocycles. The Morgan fingerprint density at radius 2 is 1.00 bits per heavy atom.